The van der Waals surface area contributed by atoms with Gasteiger partial charge in [-0.25, -0.2) is 0 Å². The molecule has 0 spiro atoms. The van der Waals surface area contributed by atoms with Crippen LogP contribution in [0.3, 0.4) is 0 Å². The van der Waals surface area contributed by atoms with Crippen LogP contribution >= 0.6 is 23.5 Å². The summed E-state index contributed by atoms with van der Waals surface area (Å²) >= 11 is 2.71. The average Bonchev–Trinajstić information content (AvgIpc) is 2.95. The van der Waals surface area contributed by atoms with Gasteiger partial charge in [-0.3, -0.25) is 30.2 Å². The Hall–Kier alpha value is -1.10. The molecule has 0 atom stereocenters. The summed E-state index contributed by atoms with van der Waals surface area (Å²) in [6.45, 7) is 18.0. The Labute approximate surface area is 200 Å². The third-order valence-electron chi connectivity index (χ3n) is 4.77. The standard InChI is InChI=1S/C22H38N4O4S2/c1-10-11-16(29-14(27)12-31-17-19(2,3)25-21(6,7)23-17)30-15(28)13-32-18-20(4,5)26-22(8,9)24-18/h16,25-26H,10-13H2,1-9H3. The molecule has 2 aliphatic heterocycles. The van der Waals surface area contributed by atoms with Gasteiger partial charge in [0.05, 0.1) is 32.7 Å². The summed E-state index contributed by atoms with van der Waals surface area (Å²) in [7, 11) is 0. The lowest BCUT2D eigenvalue weighted by Crippen LogP contribution is -2.47. The zero-order chi connectivity index (χ0) is 24.4. The van der Waals surface area contributed by atoms with Gasteiger partial charge in [0.25, 0.3) is 0 Å². The van der Waals surface area contributed by atoms with Crippen molar-refractivity contribution in [2.24, 2.45) is 9.98 Å². The number of ether oxygens (including phenoxy) is 2. The van der Waals surface area contributed by atoms with Crippen molar-refractivity contribution >= 4 is 45.5 Å². The van der Waals surface area contributed by atoms with E-state index in [0.717, 1.165) is 16.5 Å². The lowest BCUT2D eigenvalue weighted by atomic mass is 10.1. The molecule has 0 amide bonds. The second-order valence-corrected chi connectivity index (χ2v) is 12.2. The van der Waals surface area contributed by atoms with Crippen LogP contribution in [-0.4, -0.2) is 62.2 Å². The van der Waals surface area contributed by atoms with Gasteiger partial charge in [0.15, 0.2) is 0 Å². The number of hydrogen-bond donors (Lipinski definition) is 2. The second-order valence-electron chi connectivity index (χ2n) is 10.2. The van der Waals surface area contributed by atoms with Crippen LogP contribution in [0.5, 0.6) is 0 Å². The molecule has 10 heteroatoms. The summed E-state index contributed by atoms with van der Waals surface area (Å²) in [5.41, 5.74) is -1.34. The first-order valence-electron chi connectivity index (χ1n) is 11.0. The highest BCUT2D eigenvalue weighted by Gasteiger charge is 2.40. The first kappa shape index (κ1) is 27.1. The Morgan fingerprint density at radius 3 is 1.47 bits per heavy atom. The van der Waals surface area contributed by atoms with Gasteiger partial charge in [0.1, 0.15) is 11.3 Å². The summed E-state index contributed by atoms with van der Waals surface area (Å²) in [5.74, 6) is -0.634. The Bertz CT molecular complexity index is 729. The van der Waals surface area contributed by atoms with E-state index in [9.17, 15) is 9.59 Å². The highest BCUT2D eigenvalue weighted by Crippen LogP contribution is 2.30. The highest BCUT2D eigenvalue weighted by molar-refractivity contribution is 8.15. The maximum atomic E-state index is 12.4. The predicted molar refractivity (Wildman–Crippen MR) is 133 cm³/mol. The number of hydrogen-bond acceptors (Lipinski definition) is 10. The minimum atomic E-state index is -0.887. The van der Waals surface area contributed by atoms with Crippen molar-refractivity contribution < 1.29 is 19.1 Å². The van der Waals surface area contributed by atoms with E-state index >= 15 is 0 Å². The van der Waals surface area contributed by atoms with Gasteiger partial charge in [0.2, 0.25) is 6.29 Å². The predicted octanol–water partition coefficient (Wildman–Crippen LogP) is 3.70. The Kier molecular flexibility index (Phi) is 8.51. The molecule has 2 aliphatic rings. The van der Waals surface area contributed by atoms with Crippen molar-refractivity contribution in [1.29, 1.82) is 0 Å². The fourth-order valence-electron chi connectivity index (χ4n) is 3.90. The molecule has 0 fully saturated rings. The molecule has 0 aromatic rings. The first-order chi connectivity index (χ1) is 14.6. The van der Waals surface area contributed by atoms with Gasteiger partial charge in [-0.15, -0.1) is 0 Å². The number of nitrogens with one attached hydrogen (secondary N) is 2. The van der Waals surface area contributed by atoms with Crippen molar-refractivity contribution in [1.82, 2.24) is 10.6 Å². The smallest absolute Gasteiger partial charge is 0.319 e. The van der Waals surface area contributed by atoms with Gasteiger partial charge < -0.3 is 9.47 Å². The van der Waals surface area contributed by atoms with Crippen LogP contribution in [0.2, 0.25) is 0 Å². The average molecular weight is 487 g/mol. The molecule has 32 heavy (non-hydrogen) atoms. The Balaban J connectivity index is 1.85. The summed E-state index contributed by atoms with van der Waals surface area (Å²) in [6.07, 6.45) is 0.290. The number of carbonyl (C=O) groups is 2. The van der Waals surface area contributed by atoms with Gasteiger partial charge in [-0.1, -0.05) is 30.4 Å². The van der Waals surface area contributed by atoms with Gasteiger partial charge >= 0.3 is 11.9 Å². The molecule has 182 valence electrons. The van der Waals surface area contributed by atoms with Gasteiger partial charge in [-0.05, 0) is 61.8 Å². The zero-order valence-electron chi connectivity index (χ0n) is 20.7. The lowest BCUT2D eigenvalue weighted by Gasteiger charge is -2.25. The SMILES string of the molecule is CCCC(OC(=O)CSC1=NC(C)(C)NC1(C)C)OC(=O)CSC1=NC(C)(C)NC1(C)C. The van der Waals surface area contributed by atoms with Crippen molar-refractivity contribution in [3.63, 3.8) is 0 Å². The van der Waals surface area contributed by atoms with Crippen LogP contribution in [0, 0.1) is 0 Å². The molecule has 0 aliphatic carbocycles. The fraction of sp³-hybridized carbons (Fsp3) is 0.818. The molecule has 0 bridgehead atoms. The van der Waals surface area contributed by atoms with E-state index in [1.807, 2.05) is 62.3 Å². The number of nitrogens with zero attached hydrogens (tertiary/aromatic N) is 2. The van der Waals surface area contributed by atoms with Crippen LogP contribution in [0.1, 0.15) is 75.2 Å². The molecule has 0 unspecified atom stereocenters. The number of esters is 2. The summed E-state index contributed by atoms with van der Waals surface area (Å²) in [6, 6.07) is 0. The van der Waals surface area contributed by atoms with Crippen LogP contribution < -0.4 is 10.6 Å². The van der Waals surface area contributed by atoms with Crippen molar-refractivity contribution in [3.05, 3.63) is 0 Å². The molecule has 2 heterocycles. The molecule has 2 N–H and O–H groups in total. The number of thioether (sulfide) groups is 2. The van der Waals surface area contributed by atoms with Gasteiger partial charge in [0, 0.05) is 6.42 Å². The third kappa shape index (κ3) is 7.74. The molecular formula is C22H38N4O4S2. The van der Waals surface area contributed by atoms with E-state index in [-0.39, 0.29) is 33.9 Å². The lowest BCUT2D eigenvalue weighted by molar-refractivity contribution is -0.185. The van der Waals surface area contributed by atoms with E-state index in [2.05, 4.69) is 20.6 Å². The molecule has 0 saturated carbocycles. The molecule has 2 rings (SSSR count). The van der Waals surface area contributed by atoms with Crippen molar-refractivity contribution in [2.75, 3.05) is 11.5 Å². The first-order valence-corrected chi connectivity index (χ1v) is 13.0. The molecule has 0 saturated heterocycles. The normalized spacial score (nSPS) is 22.4. The minimum absolute atomic E-state index is 0.109. The number of rotatable bonds is 8. The quantitative estimate of drug-likeness (QED) is 0.396. The highest BCUT2D eigenvalue weighted by atomic mass is 32.2. The third-order valence-corrected chi connectivity index (χ3v) is 7.28. The number of carbonyl (C=O) groups excluding carboxylic acids is 2. The van der Waals surface area contributed by atoms with Gasteiger partial charge in [-0.2, -0.15) is 0 Å². The Morgan fingerprint density at radius 1 is 0.812 bits per heavy atom. The van der Waals surface area contributed by atoms with E-state index in [1.54, 1.807) is 0 Å². The molecule has 0 aromatic carbocycles. The van der Waals surface area contributed by atoms with Crippen molar-refractivity contribution in [3.8, 4) is 0 Å². The maximum absolute atomic E-state index is 12.4. The largest absolute Gasteiger partial charge is 0.425 e. The van der Waals surface area contributed by atoms with E-state index in [4.69, 9.17) is 9.47 Å². The molecule has 0 aromatic heterocycles. The monoisotopic (exact) mass is 486 g/mol. The zero-order valence-corrected chi connectivity index (χ0v) is 22.4. The van der Waals surface area contributed by atoms with E-state index < -0.39 is 18.2 Å². The summed E-state index contributed by atoms with van der Waals surface area (Å²) in [4.78, 5) is 34.1. The van der Waals surface area contributed by atoms with Crippen LogP contribution in [0.4, 0.5) is 0 Å². The summed E-state index contributed by atoms with van der Waals surface area (Å²) < 4.78 is 10.9. The van der Waals surface area contributed by atoms with Crippen LogP contribution in [-0.2, 0) is 19.1 Å². The fourth-order valence-corrected chi connectivity index (χ4v) is 5.95. The molecule has 8 nitrogen and oxygen atoms in total. The minimum Gasteiger partial charge on any atom is -0.425 e. The molecule has 0 radical (unpaired) electrons. The maximum Gasteiger partial charge on any atom is 0.319 e. The van der Waals surface area contributed by atoms with Crippen molar-refractivity contribution in [2.45, 2.75) is 104 Å². The van der Waals surface area contributed by atoms with E-state index in [1.165, 1.54) is 23.5 Å². The molecular weight excluding hydrogens is 448 g/mol. The second kappa shape index (κ2) is 10.0. The summed E-state index contributed by atoms with van der Waals surface area (Å²) in [5, 5.41) is 8.55. The van der Waals surface area contributed by atoms with E-state index in [0.29, 0.717) is 6.42 Å². The van der Waals surface area contributed by atoms with Crippen LogP contribution in [0.25, 0.3) is 0 Å². The topological polar surface area (TPSA) is 101 Å². The van der Waals surface area contributed by atoms with Crippen LogP contribution in [0.15, 0.2) is 9.98 Å². The number of aliphatic imine (C=N–C) groups is 2. The Morgan fingerprint density at radius 2 is 1.19 bits per heavy atom.